The van der Waals surface area contributed by atoms with E-state index in [9.17, 15) is 4.79 Å². The van der Waals surface area contributed by atoms with Crippen molar-refractivity contribution in [2.24, 2.45) is 5.92 Å². The fourth-order valence-electron chi connectivity index (χ4n) is 4.32. The van der Waals surface area contributed by atoms with E-state index in [1.54, 1.807) is 0 Å². The molecule has 5 heteroatoms. The molecular formula is C20H32N2O2S. The van der Waals surface area contributed by atoms with Gasteiger partial charge in [-0.1, -0.05) is 12.5 Å². The van der Waals surface area contributed by atoms with E-state index in [-0.39, 0.29) is 6.09 Å². The highest BCUT2D eigenvalue weighted by Gasteiger charge is 2.41. The Kier molecular flexibility index (Phi) is 6.05. The van der Waals surface area contributed by atoms with Crippen LogP contribution in [0, 0.1) is 5.92 Å². The van der Waals surface area contributed by atoms with Crippen molar-refractivity contribution in [1.82, 2.24) is 10.2 Å². The number of hydrogen-bond donors (Lipinski definition) is 1. The van der Waals surface area contributed by atoms with Gasteiger partial charge in [0.2, 0.25) is 0 Å². The molecule has 0 aromatic carbocycles. The Hall–Kier alpha value is -1.07. The Morgan fingerprint density at radius 1 is 1.32 bits per heavy atom. The van der Waals surface area contributed by atoms with Gasteiger partial charge in [0, 0.05) is 30.1 Å². The summed E-state index contributed by atoms with van der Waals surface area (Å²) in [5.74, 6) is 0.568. The van der Waals surface area contributed by atoms with Gasteiger partial charge >= 0.3 is 6.09 Å². The quantitative estimate of drug-likeness (QED) is 0.839. The summed E-state index contributed by atoms with van der Waals surface area (Å²) < 4.78 is 5.64. The standard InChI is InChI=1S/C20H32N2O2S/c1-20(2,3)24-19(23)22-13-5-10-18(22)16-8-4-9-17(16)21-12-11-15-7-6-14-25-15/h6-7,14,16-18,21H,4-5,8-13H2,1-3H3. The van der Waals surface area contributed by atoms with Gasteiger partial charge in [-0.2, -0.15) is 0 Å². The topological polar surface area (TPSA) is 41.6 Å². The van der Waals surface area contributed by atoms with E-state index in [4.69, 9.17) is 4.74 Å². The van der Waals surface area contributed by atoms with Gasteiger partial charge in [0.1, 0.15) is 5.60 Å². The van der Waals surface area contributed by atoms with Crippen LogP contribution in [0.5, 0.6) is 0 Å². The predicted molar refractivity (Wildman–Crippen MR) is 103 cm³/mol. The zero-order valence-corrected chi connectivity index (χ0v) is 16.6. The molecule has 1 N–H and O–H groups in total. The Morgan fingerprint density at radius 2 is 2.16 bits per heavy atom. The summed E-state index contributed by atoms with van der Waals surface area (Å²) in [5.41, 5.74) is -0.418. The van der Waals surface area contributed by atoms with Crippen LogP contribution >= 0.6 is 11.3 Å². The lowest BCUT2D eigenvalue weighted by Crippen LogP contribution is -2.47. The number of nitrogens with one attached hydrogen (secondary N) is 1. The molecule has 2 heterocycles. The maximum atomic E-state index is 12.6. The summed E-state index contributed by atoms with van der Waals surface area (Å²) >= 11 is 1.83. The third-order valence-electron chi connectivity index (χ3n) is 5.35. The second-order valence-electron chi connectivity index (χ2n) is 8.37. The van der Waals surface area contributed by atoms with Crippen molar-refractivity contribution in [1.29, 1.82) is 0 Å². The molecular weight excluding hydrogens is 332 g/mol. The predicted octanol–water partition coefficient (Wildman–Crippen LogP) is 4.45. The Bertz CT molecular complexity index is 553. The van der Waals surface area contributed by atoms with Crippen LogP contribution in [0.4, 0.5) is 4.79 Å². The lowest BCUT2D eigenvalue weighted by atomic mass is 9.92. The molecule has 25 heavy (non-hydrogen) atoms. The number of ether oxygens (including phenoxy) is 1. The number of hydrogen-bond acceptors (Lipinski definition) is 4. The van der Waals surface area contributed by atoms with Crippen LogP contribution in [0.15, 0.2) is 17.5 Å². The molecule has 0 radical (unpaired) electrons. The minimum absolute atomic E-state index is 0.126. The molecule has 4 nitrogen and oxygen atoms in total. The SMILES string of the molecule is CC(C)(C)OC(=O)N1CCCC1C1CCCC1NCCc1cccs1. The molecule has 0 bridgehead atoms. The van der Waals surface area contributed by atoms with E-state index in [1.807, 2.05) is 37.0 Å². The summed E-state index contributed by atoms with van der Waals surface area (Å²) in [5, 5.41) is 5.93. The highest BCUT2D eigenvalue weighted by atomic mass is 32.1. The molecule has 1 aromatic heterocycles. The molecule has 1 aliphatic heterocycles. The number of nitrogens with zero attached hydrogens (tertiary/aromatic N) is 1. The van der Waals surface area contributed by atoms with E-state index >= 15 is 0 Å². The number of carbonyl (C=O) groups excluding carboxylic acids is 1. The van der Waals surface area contributed by atoms with Crippen LogP contribution in [-0.2, 0) is 11.2 Å². The van der Waals surface area contributed by atoms with Crippen molar-refractivity contribution in [3.63, 3.8) is 0 Å². The average molecular weight is 365 g/mol. The number of amides is 1. The molecule has 0 spiro atoms. The van der Waals surface area contributed by atoms with E-state index in [1.165, 1.54) is 24.1 Å². The Morgan fingerprint density at radius 3 is 2.88 bits per heavy atom. The normalized spacial score (nSPS) is 27.0. The van der Waals surface area contributed by atoms with Gasteiger partial charge in [0.15, 0.2) is 0 Å². The molecule has 3 rings (SSSR count). The first-order valence-corrected chi connectivity index (χ1v) is 10.6. The van der Waals surface area contributed by atoms with Crippen LogP contribution in [0.1, 0.15) is 57.8 Å². The Balaban J connectivity index is 1.55. The lowest BCUT2D eigenvalue weighted by Gasteiger charge is -2.34. The van der Waals surface area contributed by atoms with E-state index in [2.05, 4.69) is 22.8 Å². The molecule has 2 aliphatic rings. The monoisotopic (exact) mass is 364 g/mol. The minimum atomic E-state index is -0.418. The number of carbonyl (C=O) groups is 1. The minimum Gasteiger partial charge on any atom is -0.444 e. The van der Waals surface area contributed by atoms with E-state index in [0.29, 0.717) is 18.0 Å². The fraction of sp³-hybridized carbons (Fsp3) is 0.750. The first kappa shape index (κ1) is 18.7. The molecule has 1 aromatic rings. The smallest absolute Gasteiger partial charge is 0.410 e. The molecule has 140 valence electrons. The molecule has 3 atom stereocenters. The lowest BCUT2D eigenvalue weighted by molar-refractivity contribution is 0.0167. The second kappa shape index (κ2) is 8.09. The largest absolute Gasteiger partial charge is 0.444 e. The zero-order chi connectivity index (χ0) is 17.9. The van der Waals surface area contributed by atoms with Gasteiger partial charge in [-0.15, -0.1) is 11.3 Å². The van der Waals surface area contributed by atoms with Crippen LogP contribution in [0.2, 0.25) is 0 Å². The summed E-state index contributed by atoms with van der Waals surface area (Å²) in [4.78, 5) is 16.0. The van der Waals surface area contributed by atoms with Gasteiger partial charge in [0.05, 0.1) is 0 Å². The van der Waals surface area contributed by atoms with Crippen LogP contribution < -0.4 is 5.32 Å². The maximum Gasteiger partial charge on any atom is 0.410 e. The van der Waals surface area contributed by atoms with Crippen molar-refractivity contribution < 1.29 is 9.53 Å². The summed E-state index contributed by atoms with van der Waals surface area (Å²) in [6, 6.07) is 5.21. The van der Waals surface area contributed by atoms with Crippen molar-refractivity contribution in [2.75, 3.05) is 13.1 Å². The highest BCUT2D eigenvalue weighted by Crippen LogP contribution is 2.36. The van der Waals surface area contributed by atoms with Crippen LogP contribution in [-0.4, -0.2) is 41.8 Å². The van der Waals surface area contributed by atoms with Crippen molar-refractivity contribution in [3.05, 3.63) is 22.4 Å². The van der Waals surface area contributed by atoms with Crippen LogP contribution in [0.25, 0.3) is 0 Å². The summed E-state index contributed by atoms with van der Waals surface area (Å²) in [7, 11) is 0. The zero-order valence-electron chi connectivity index (χ0n) is 15.8. The Labute approximate surface area is 155 Å². The first-order valence-electron chi connectivity index (χ1n) is 9.69. The number of likely N-dealkylation sites (tertiary alicyclic amines) is 1. The third-order valence-corrected chi connectivity index (χ3v) is 6.29. The summed E-state index contributed by atoms with van der Waals surface area (Å²) in [6.45, 7) is 7.71. The average Bonchev–Trinajstić information content (AvgIpc) is 3.27. The number of thiophene rings is 1. The van der Waals surface area contributed by atoms with Crippen LogP contribution in [0.3, 0.4) is 0 Å². The highest BCUT2D eigenvalue weighted by molar-refractivity contribution is 7.09. The molecule has 1 saturated carbocycles. The molecule has 3 unspecified atom stereocenters. The fourth-order valence-corrected chi connectivity index (χ4v) is 5.03. The van der Waals surface area contributed by atoms with Crippen molar-refractivity contribution in [3.8, 4) is 0 Å². The van der Waals surface area contributed by atoms with Gasteiger partial charge < -0.3 is 15.0 Å². The van der Waals surface area contributed by atoms with E-state index < -0.39 is 5.60 Å². The third kappa shape index (κ3) is 4.98. The number of rotatable bonds is 5. The first-order chi connectivity index (χ1) is 11.9. The molecule has 1 amide bonds. The molecule has 1 saturated heterocycles. The summed E-state index contributed by atoms with van der Waals surface area (Å²) in [6.07, 6.45) is 6.91. The maximum absolute atomic E-state index is 12.6. The van der Waals surface area contributed by atoms with Crippen molar-refractivity contribution in [2.45, 2.75) is 77.0 Å². The molecule has 2 fully saturated rings. The van der Waals surface area contributed by atoms with Crippen molar-refractivity contribution >= 4 is 17.4 Å². The van der Waals surface area contributed by atoms with Gasteiger partial charge in [-0.25, -0.2) is 4.79 Å². The van der Waals surface area contributed by atoms with Gasteiger partial charge in [-0.3, -0.25) is 0 Å². The van der Waals surface area contributed by atoms with Gasteiger partial charge in [0.25, 0.3) is 0 Å². The van der Waals surface area contributed by atoms with E-state index in [0.717, 1.165) is 32.4 Å². The van der Waals surface area contributed by atoms with Gasteiger partial charge in [-0.05, 0) is 70.2 Å². The molecule has 1 aliphatic carbocycles. The second-order valence-corrected chi connectivity index (χ2v) is 9.40.